The van der Waals surface area contributed by atoms with E-state index < -0.39 is 11.9 Å². The van der Waals surface area contributed by atoms with Crippen molar-refractivity contribution in [3.05, 3.63) is 11.8 Å². The van der Waals surface area contributed by atoms with E-state index in [-0.39, 0.29) is 12.0 Å². The van der Waals surface area contributed by atoms with Gasteiger partial charge >= 0.3 is 6.18 Å². The molecule has 2 atom stereocenters. The van der Waals surface area contributed by atoms with Crippen molar-refractivity contribution in [2.75, 3.05) is 23.8 Å². The first kappa shape index (κ1) is 14.9. The van der Waals surface area contributed by atoms with E-state index in [1.807, 2.05) is 11.8 Å². The van der Waals surface area contributed by atoms with Crippen molar-refractivity contribution in [2.45, 2.75) is 38.9 Å². The van der Waals surface area contributed by atoms with Crippen molar-refractivity contribution in [3.63, 3.8) is 0 Å². The van der Waals surface area contributed by atoms with Gasteiger partial charge in [0.2, 0.25) is 5.95 Å². The molecule has 4 nitrogen and oxygen atoms in total. The van der Waals surface area contributed by atoms with Gasteiger partial charge in [0.15, 0.2) is 5.69 Å². The summed E-state index contributed by atoms with van der Waals surface area (Å²) in [4.78, 5) is 9.60. The highest BCUT2D eigenvalue weighted by atomic mass is 19.4. The van der Waals surface area contributed by atoms with Gasteiger partial charge in [0, 0.05) is 25.7 Å². The van der Waals surface area contributed by atoms with Gasteiger partial charge in [-0.15, -0.1) is 0 Å². The molecule has 20 heavy (non-hydrogen) atoms. The summed E-state index contributed by atoms with van der Waals surface area (Å²) in [5.41, 5.74) is -0.905. The Labute approximate surface area is 116 Å². The first-order valence-electron chi connectivity index (χ1n) is 6.72. The maximum atomic E-state index is 12.9. The Morgan fingerprint density at radius 2 is 1.95 bits per heavy atom. The van der Waals surface area contributed by atoms with Crippen LogP contribution >= 0.6 is 0 Å². The molecule has 0 aromatic carbocycles. The van der Waals surface area contributed by atoms with Gasteiger partial charge in [-0.1, -0.05) is 6.92 Å². The molecule has 1 aliphatic rings. The molecule has 1 saturated heterocycles. The lowest BCUT2D eigenvalue weighted by Gasteiger charge is -2.37. The minimum atomic E-state index is -4.46. The zero-order valence-electron chi connectivity index (χ0n) is 11.8. The van der Waals surface area contributed by atoms with E-state index in [0.717, 1.165) is 25.5 Å². The third kappa shape index (κ3) is 3.13. The van der Waals surface area contributed by atoms with Crippen LogP contribution in [0.15, 0.2) is 6.07 Å². The average molecular weight is 288 g/mol. The molecule has 7 heteroatoms. The normalized spacial score (nSPS) is 23.8. The first-order chi connectivity index (χ1) is 9.31. The van der Waals surface area contributed by atoms with Gasteiger partial charge in [0.05, 0.1) is 0 Å². The maximum Gasteiger partial charge on any atom is 0.433 e. The Bertz CT molecular complexity index is 475. The Morgan fingerprint density at radius 3 is 2.55 bits per heavy atom. The lowest BCUT2D eigenvalue weighted by atomic mass is 9.95. The van der Waals surface area contributed by atoms with E-state index in [1.54, 1.807) is 0 Å². The lowest BCUT2D eigenvalue weighted by molar-refractivity contribution is -0.141. The number of nitrogens with one attached hydrogen (secondary N) is 1. The van der Waals surface area contributed by atoms with Gasteiger partial charge in [-0.05, 0) is 25.7 Å². The van der Waals surface area contributed by atoms with Crippen molar-refractivity contribution < 1.29 is 13.2 Å². The predicted molar refractivity (Wildman–Crippen MR) is 71.8 cm³/mol. The quantitative estimate of drug-likeness (QED) is 0.907. The number of rotatable bonds is 2. The van der Waals surface area contributed by atoms with Crippen LogP contribution in [0.2, 0.25) is 0 Å². The summed E-state index contributed by atoms with van der Waals surface area (Å²) in [6.45, 7) is 4.84. The second-order valence-corrected chi connectivity index (χ2v) is 5.37. The Hall–Kier alpha value is -1.53. The molecule has 1 aromatic rings. The van der Waals surface area contributed by atoms with Crippen molar-refractivity contribution in [3.8, 4) is 0 Å². The van der Waals surface area contributed by atoms with E-state index in [9.17, 15) is 13.2 Å². The summed E-state index contributed by atoms with van der Waals surface area (Å²) in [5.74, 6) is 0.796. The molecule has 0 radical (unpaired) electrons. The SMILES string of the molecule is CNc1nc(N2CC(C)CCC2C)cc(C(F)(F)F)n1. The number of halogens is 3. The second kappa shape index (κ2) is 5.46. The Kier molecular flexibility index (Phi) is 4.06. The third-order valence-electron chi connectivity index (χ3n) is 3.64. The van der Waals surface area contributed by atoms with Crippen molar-refractivity contribution in [2.24, 2.45) is 5.92 Å². The molecule has 0 saturated carbocycles. The van der Waals surface area contributed by atoms with Gasteiger partial charge in [-0.3, -0.25) is 0 Å². The number of anilines is 2. The van der Waals surface area contributed by atoms with Gasteiger partial charge < -0.3 is 10.2 Å². The molecule has 0 amide bonds. The fourth-order valence-electron chi connectivity index (χ4n) is 2.45. The van der Waals surface area contributed by atoms with Crippen molar-refractivity contribution >= 4 is 11.8 Å². The molecule has 1 fully saturated rings. The largest absolute Gasteiger partial charge is 0.433 e. The smallest absolute Gasteiger partial charge is 0.357 e. The molecule has 2 rings (SSSR count). The Morgan fingerprint density at radius 1 is 1.25 bits per heavy atom. The average Bonchev–Trinajstić information content (AvgIpc) is 2.40. The lowest BCUT2D eigenvalue weighted by Crippen LogP contribution is -2.41. The topological polar surface area (TPSA) is 41.1 Å². The van der Waals surface area contributed by atoms with Crippen LogP contribution in [0.3, 0.4) is 0 Å². The predicted octanol–water partition coefficient (Wildman–Crippen LogP) is 3.16. The molecule has 1 aliphatic heterocycles. The molecule has 2 heterocycles. The van der Waals surface area contributed by atoms with Crippen LogP contribution in [0.4, 0.5) is 24.9 Å². The van der Waals surface area contributed by atoms with E-state index in [1.165, 1.54) is 7.05 Å². The Balaban J connectivity index is 2.39. The van der Waals surface area contributed by atoms with Crippen LogP contribution < -0.4 is 10.2 Å². The highest BCUT2D eigenvalue weighted by Gasteiger charge is 2.35. The van der Waals surface area contributed by atoms with Gasteiger partial charge in [0.25, 0.3) is 0 Å². The molecule has 1 aromatic heterocycles. The number of hydrogen-bond donors (Lipinski definition) is 1. The van der Waals surface area contributed by atoms with E-state index in [4.69, 9.17) is 0 Å². The van der Waals surface area contributed by atoms with Crippen LogP contribution in [0.25, 0.3) is 0 Å². The zero-order valence-corrected chi connectivity index (χ0v) is 11.8. The number of aromatic nitrogens is 2. The molecule has 0 aliphatic carbocycles. The van der Waals surface area contributed by atoms with Crippen LogP contribution in [0.5, 0.6) is 0 Å². The summed E-state index contributed by atoms with van der Waals surface area (Å²) in [7, 11) is 1.52. The monoisotopic (exact) mass is 288 g/mol. The molecule has 112 valence electrons. The summed E-state index contributed by atoms with van der Waals surface area (Å²) in [5, 5.41) is 2.60. The summed E-state index contributed by atoms with van der Waals surface area (Å²) >= 11 is 0. The van der Waals surface area contributed by atoms with Crippen LogP contribution in [-0.4, -0.2) is 29.6 Å². The molecular formula is C13H19F3N4. The third-order valence-corrected chi connectivity index (χ3v) is 3.64. The number of alkyl halides is 3. The van der Waals surface area contributed by atoms with E-state index in [2.05, 4.69) is 22.2 Å². The zero-order chi connectivity index (χ0) is 14.9. The summed E-state index contributed by atoms with van der Waals surface area (Å²) in [6, 6.07) is 1.22. The minimum absolute atomic E-state index is 0.000233. The van der Waals surface area contributed by atoms with Crippen LogP contribution in [0, 0.1) is 5.92 Å². The molecular weight excluding hydrogens is 269 g/mol. The highest BCUT2D eigenvalue weighted by Crippen LogP contribution is 2.33. The minimum Gasteiger partial charge on any atom is -0.357 e. The molecule has 1 N–H and O–H groups in total. The highest BCUT2D eigenvalue weighted by molar-refractivity contribution is 5.46. The van der Waals surface area contributed by atoms with Gasteiger partial charge in [-0.2, -0.15) is 18.2 Å². The fourth-order valence-corrected chi connectivity index (χ4v) is 2.45. The molecule has 0 spiro atoms. The van der Waals surface area contributed by atoms with Crippen LogP contribution in [-0.2, 0) is 6.18 Å². The summed E-state index contributed by atoms with van der Waals surface area (Å²) < 4.78 is 38.7. The van der Waals surface area contributed by atoms with Crippen molar-refractivity contribution in [1.82, 2.24) is 9.97 Å². The van der Waals surface area contributed by atoms with Gasteiger partial charge in [0.1, 0.15) is 5.82 Å². The van der Waals surface area contributed by atoms with Crippen LogP contribution in [0.1, 0.15) is 32.4 Å². The first-order valence-corrected chi connectivity index (χ1v) is 6.72. The second-order valence-electron chi connectivity index (χ2n) is 5.37. The summed E-state index contributed by atoms with van der Waals surface area (Å²) in [6.07, 6.45) is -2.41. The van der Waals surface area contributed by atoms with Crippen molar-refractivity contribution in [1.29, 1.82) is 0 Å². The number of nitrogens with zero attached hydrogens (tertiary/aromatic N) is 3. The maximum absolute atomic E-state index is 12.9. The molecule has 2 unspecified atom stereocenters. The fraction of sp³-hybridized carbons (Fsp3) is 0.692. The number of piperidine rings is 1. The van der Waals surface area contributed by atoms with E-state index >= 15 is 0 Å². The number of hydrogen-bond acceptors (Lipinski definition) is 4. The standard InChI is InChI=1S/C13H19F3N4/c1-8-4-5-9(2)20(7-8)11-6-10(13(14,15)16)18-12(17-3)19-11/h6,8-9H,4-5,7H2,1-3H3,(H,17,18,19). The van der Waals surface area contributed by atoms with Gasteiger partial charge in [-0.25, -0.2) is 4.98 Å². The molecule has 0 bridgehead atoms. The van der Waals surface area contributed by atoms with E-state index in [0.29, 0.717) is 11.7 Å².